The fraction of sp³-hybridized carbons (Fsp3) is 0.385. The Bertz CT molecular complexity index is 577. The van der Waals surface area contributed by atoms with E-state index in [9.17, 15) is 0 Å². The van der Waals surface area contributed by atoms with Crippen LogP contribution in [0.4, 0.5) is 0 Å². The van der Waals surface area contributed by atoms with Gasteiger partial charge in [0, 0.05) is 10.4 Å². The van der Waals surface area contributed by atoms with Crippen molar-refractivity contribution in [1.29, 1.82) is 0 Å². The van der Waals surface area contributed by atoms with E-state index < -0.39 is 0 Å². The average molecular weight is 327 g/mol. The molecule has 5 heteroatoms. The fourth-order valence-corrected chi connectivity index (χ4v) is 2.86. The van der Waals surface area contributed by atoms with Crippen molar-refractivity contribution in [1.82, 2.24) is 14.8 Å². The van der Waals surface area contributed by atoms with Crippen molar-refractivity contribution >= 4 is 27.5 Å². The van der Waals surface area contributed by atoms with E-state index in [2.05, 4.69) is 45.2 Å². The van der Waals surface area contributed by atoms with Crippen LogP contribution < -0.4 is 0 Å². The first-order chi connectivity index (χ1) is 8.66. The third-order valence-electron chi connectivity index (χ3n) is 3.34. The van der Waals surface area contributed by atoms with Gasteiger partial charge in [0.15, 0.2) is 0 Å². The molecule has 94 valence electrons. The second-order valence-electron chi connectivity index (χ2n) is 4.70. The molecule has 3 nitrogen and oxygen atoms in total. The van der Waals surface area contributed by atoms with Gasteiger partial charge in [-0.25, -0.2) is 0 Å². The van der Waals surface area contributed by atoms with E-state index in [1.165, 1.54) is 18.4 Å². The third-order valence-corrected chi connectivity index (χ3v) is 4.09. The predicted octanol–water partition coefficient (Wildman–Crippen LogP) is 4.18. The van der Waals surface area contributed by atoms with Gasteiger partial charge in [-0.3, -0.25) is 4.57 Å². The largest absolute Gasteiger partial charge is 0.294 e. The lowest BCUT2D eigenvalue weighted by atomic mass is 10.1. The number of rotatable bonds is 3. The minimum Gasteiger partial charge on any atom is -0.294 e. The second kappa shape index (κ2) is 4.67. The lowest BCUT2D eigenvalue weighted by Gasteiger charge is -2.17. The van der Waals surface area contributed by atoms with E-state index in [4.69, 9.17) is 11.6 Å². The molecule has 1 atom stereocenters. The Kier molecular flexibility index (Phi) is 3.16. The van der Waals surface area contributed by atoms with Crippen LogP contribution in [0, 0.1) is 0 Å². The van der Waals surface area contributed by atoms with Crippen LogP contribution in [0.2, 0.25) is 5.28 Å². The van der Waals surface area contributed by atoms with Crippen LogP contribution in [0.3, 0.4) is 0 Å². The van der Waals surface area contributed by atoms with E-state index in [-0.39, 0.29) is 6.04 Å². The first-order valence-electron chi connectivity index (χ1n) is 6.02. The van der Waals surface area contributed by atoms with Gasteiger partial charge in [0.2, 0.25) is 5.28 Å². The Morgan fingerprint density at radius 2 is 2.17 bits per heavy atom. The molecule has 1 heterocycles. The Balaban J connectivity index is 2.01. The van der Waals surface area contributed by atoms with Crippen molar-refractivity contribution in [3.8, 4) is 0 Å². The maximum Gasteiger partial charge on any atom is 0.225 e. The lowest BCUT2D eigenvalue weighted by molar-refractivity contribution is 0.602. The Hall–Kier alpha value is -0.870. The summed E-state index contributed by atoms with van der Waals surface area (Å²) in [4.78, 5) is 0. The maximum atomic E-state index is 6.18. The number of hydrogen-bond donors (Lipinski definition) is 0. The predicted molar refractivity (Wildman–Crippen MR) is 75.0 cm³/mol. The summed E-state index contributed by atoms with van der Waals surface area (Å²) in [7, 11) is 0. The smallest absolute Gasteiger partial charge is 0.225 e. The molecule has 0 radical (unpaired) electrons. The van der Waals surface area contributed by atoms with Gasteiger partial charge >= 0.3 is 0 Å². The monoisotopic (exact) mass is 325 g/mol. The highest BCUT2D eigenvalue weighted by Gasteiger charge is 2.31. The molecule has 3 rings (SSSR count). The second-order valence-corrected chi connectivity index (χ2v) is 5.96. The third kappa shape index (κ3) is 2.19. The van der Waals surface area contributed by atoms with Gasteiger partial charge in [-0.2, -0.15) is 0 Å². The summed E-state index contributed by atoms with van der Waals surface area (Å²) in [6.45, 7) is 2.13. The van der Waals surface area contributed by atoms with Crippen molar-refractivity contribution in [2.75, 3.05) is 0 Å². The summed E-state index contributed by atoms with van der Waals surface area (Å²) in [5, 5.41) is 8.71. The van der Waals surface area contributed by atoms with Crippen LogP contribution in [0.5, 0.6) is 0 Å². The van der Waals surface area contributed by atoms with Crippen LogP contribution in [0.1, 0.15) is 43.1 Å². The minimum atomic E-state index is 0.153. The molecule has 1 aliphatic carbocycles. The zero-order valence-corrected chi connectivity index (χ0v) is 12.3. The van der Waals surface area contributed by atoms with Crippen LogP contribution in [-0.4, -0.2) is 14.8 Å². The number of halogens is 2. The summed E-state index contributed by atoms with van der Waals surface area (Å²) in [6.07, 6.45) is 2.39. The molecular formula is C13H13BrClN3. The van der Waals surface area contributed by atoms with E-state index in [0.29, 0.717) is 11.2 Å². The molecule has 1 aromatic carbocycles. The SMILES string of the molecule is CC(c1cccc(Br)c1)n1c(Cl)nnc1C1CC1. The highest BCUT2D eigenvalue weighted by molar-refractivity contribution is 9.10. The van der Waals surface area contributed by atoms with Crippen molar-refractivity contribution < 1.29 is 0 Å². The van der Waals surface area contributed by atoms with Gasteiger partial charge in [0.05, 0.1) is 6.04 Å². The molecule has 0 saturated heterocycles. The molecule has 1 aromatic heterocycles. The molecule has 1 saturated carbocycles. The van der Waals surface area contributed by atoms with Gasteiger partial charge in [-0.1, -0.05) is 28.1 Å². The lowest BCUT2D eigenvalue weighted by Crippen LogP contribution is -2.10. The van der Waals surface area contributed by atoms with Gasteiger partial charge in [0.25, 0.3) is 0 Å². The fourth-order valence-electron chi connectivity index (χ4n) is 2.18. The molecule has 1 aliphatic rings. The van der Waals surface area contributed by atoms with E-state index in [1.807, 2.05) is 16.7 Å². The first kappa shape index (κ1) is 12.2. The topological polar surface area (TPSA) is 30.7 Å². The molecule has 0 N–H and O–H groups in total. The number of benzene rings is 1. The normalized spacial score (nSPS) is 16.8. The molecule has 18 heavy (non-hydrogen) atoms. The molecule has 0 amide bonds. The van der Waals surface area contributed by atoms with Gasteiger partial charge in [-0.15, -0.1) is 10.2 Å². The van der Waals surface area contributed by atoms with Crippen LogP contribution in [-0.2, 0) is 0 Å². The van der Waals surface area contributed by atoms with Crippen molar-refractivity contribution in [2.45, 2.75) is 31.7 Å². The van der Waals surface area contributed by atoms with Crippen LogP contribution >= 0.6 is 27.5 Å². The molecule has 0 spiro atoms. The molecule has 2 aromatic rings. The van der Waals surface area contributed by atoms with Crippen molar-refractivity contribution in [3.63, 3.8) is 0 Å². The number of aromatic nitrogens is 3. The Labute approximate surface area is 119 Å². The van der Waals surface area contributed by atoms with E-state index >= 15 is 0 Å². The molecule has 0 aliphatic heterocycles. The highest BCUT2D eigenvalue weighted by atomic mass is 79.9. The standard InChI is InChI=1S/C13H13BrClN3/c1-8(10-3-2-4-11(14)7-10)18-12(9-5-6-9)16-17-13(18)15/h2-4,7-9H,5-6H2,1H3. The quantitative estimate of drug-likeness (QED) is 0.847. The summed E-state index contributed by atoms with van der Waals surface area (Å²) in [5.74, 6) is 1.56. The molecule has 0 bridgehead atoms. The summed E-state index contributed by atoms with van der Waals surface area (Å²) in [5.41, 5.74) is 1.20. The molecular weight excluding hydrogens is 314 g/mol. The number of hydrogen-bond acceptors (Lipinski definition) is 2. The molecule has 1 unspecified atom stereocenters. The van der Waals surface area contributed by atoms with Gasteiger partial charge < -0.3 is 0 Å². The maximum absolute atomic E-state index is 6.18. The summed E-state index contributed by atoms with van der Waals surface area (Å²) in [6, 6.07) is 8.41. The minimum absolute atomic E-state index is 0.153. The summed E-state index contributed by atoms with van der Waals surface area (Å²) >= 11 is 9.68. The first-order valence-corrected chi connectivity index (χ1v) is 7.19. The van der Waals surface area contributed by atoms with E-state index in [0.717, 1.165) is 10.3 Å². The number of nitrogens with zero attached hydrogens (tertiary/aromatic N) is 3. The van der Waals surface area contributed by atoms with Crippen LogP contribution in [0.25, 0.3) is 0 Å². The highest BCUT2D eigenvalue weighted by Crippen LogP contribution is 2.41. The van der Waals surface area contributed by atoms with E-state index in [1.54, 1.807) is 0 Å². The Morgan fingerprint density at radius 3 is 2.83 bits per heavy atom. The van der Waals surface area contributed by atoms with Crippen molar-refractivity contribution in [2.24, 2.45) is 0 Å². The Morgan fingerprint density at radius 1 is 1.39 bits per heavy atom. The van der Waals surface area contributed by atoms with Crippen molar-refractivity contribution in [3.05, 3.63) is 45.4 Å². The van der Waals surface area contributed by atoms with Crippen LogP contribution in [0.15, 0.2) is 28.7 Å². The zero-order valence-electron chi connectivity index (χ0n) is 9.98. The van der Waals surface area contributed by atoms with Gasteiger partial charge in [0.1, 0.15) is 5.82 Å². The average Bonchev–Trinajstić information content (AvgIpc) is 3.12. The summed E-state index contributed by atoms with van der Waals surface area (Å²) < 4.78 is 3.12. The molecule has 1 fully saturated rings. The van der Waals surface area contributed by atoms with Gasteiger partial charge in [-0.05, 0) is 49.1 Å². The zero-order chi connectivity index (χ0) is 12.7.